The van der Waals surface area contributed by atoms with Crippen LogP contribution in [0.5, 0.6) is 0 Å². The van der Waals surface area contributed by atoms with E-state index in [1.165, 1.54) is 7.11 Å². The van der Waals surface area contributed by atoms with E-state index < -0.39 is 11.9 Å². The fourth-order valence-electron chi connectivity index (χ4n) is 2.29. The molecule has 0 heterocycles. The molecule has 4 nitrogen and oxygen atoms in total. The molecule has 0 bridgehead atoms. The Morgan fingerprint density at radius 1 is 1.26 bits per heavy atom. The second-order valence-corrected chi connectivity index (χ2v) is 4.72. The number of aliphatic hydroxyl groups excluding tert-OH is 1. The van der Waals surface area contributed by atoms with E-state index in [9.17, 15) is 15.3 Å². The summed E-state index contributed by atoms with van der Waals surface area (Å²) in [5.74, 6) is -2.46. The van der Waals surface area contributed by atoms with E-state index in [1.54, 1.807) is 6.08 Å². The fraction of sp³-hybridized carbons (Fsp3) is 0.333. The number of hydrogen-bond acceptors (Lipinski definition) is 4. The molecule has 1 aliphatic carbocycles. The highest BCUT2D eigenvalue weighted by Crippen LogP contribution is 2.32. The van der Waals surface area contributed by atoms with Gasteiger partial charge >= 0.3 is 0 Å². The van der Waals surface area contributed by atoms with Gasteiger partial charge in [0.2, 0.25) is 0 Å². The molecule has 102 valence electrons. The number of allylic oxidation sites excluding steroid dienone is 2. The van der Waals surface area contributed by atoms with Crippen molar-refractivity contribution in [1.82, 2.24) is 0 Å². The van der Waals surface area contributed by atoms with Crippen molar-refractivity contribution in [3.63, 3.8) is 0 Å². The molecule has 1 aliphatic rings. The largest absolute Gasteiger partial charge is 0.510 e. The minimum absolute atomic E-state index is 0.0822. The summed E-state index contributed by atoms with van der Waals surface area (Å²) in [6, 6.07) is 9.69. The number of ether oxygens (including phenoxy) is 1. The molecule has 0 spiro atoms. The quantitative estimate of drug-likeness (QED) is 0.727. The number of rotatable bonds is 3. The van der Waals surface area contributed by atoms with Crippen molar-refractivity contribution in [2.75, 3.05) is 7.11 Å². The zero-order valence-corrected chi connectivity index (χ0v) is 10.7. The normalized spacial score (nSPS) is 26.4. The van der Waals surface area contributed by atoms with Gasteiger partial charge in [0.15, 0.2) is 11.9 Å². The Hall–Kier alpha value is -1.62. The van der Waals surface area contributed by atoms with E-state index in [2.05, 4.69) is 0 Å². The number of methoxy groups -OCH3 is 1. The summed E-state index contributed by atoms with van der Waals surface area (Å²) in [7, 11) is 1.33. The van der Waals surface area contributed by atoms with Crippen LogP contribution in [0, 0.1) is 5.92 Å². The van der Waals surface area contributed by atoms with Gasteiger partial charge in [-0.1, -0.05) is 42.5 Å². The second-order valence-electron chi connectivity index (χ2n) is 4.72. The molecule has 19 heavy (non-hydrogen) atoms. The lowest BCUT2D eigenvalue weighted by molar-refractivity contribution is -0.238. The van der Waals surface area contributed by atoms with Crippen LogP contribution in [0.15, 0.2) is 48.2 Å². The lowest BCUT2D eigenvalue weighted by Crippen LogP contribution is -2.48. The van der Waals surface area contributed by atoms with Crippen molar-refractivity contribution in [1.29, 1.82) is 0 Å². The summed E-state index contributed by atoms with van der Waals surface area (Å²) in [6.07, 6.45) is 4.29. The summed E-state index contributed by atoms with van der Waals surface area (Å²) in [5, 5.41) is 29.5. The summed E-state index contributed by atoms with van der Waals surface area (Å²) < 4.78 is 4.89. The van der Waals surface area contributed by atoms with E-state index in [0.29, 0.717) is 0 Å². The van der Waals surface area contributed by atoms with Gasteiger partial charge in [-0.25, -0.2) is 0 Å². The lowest BCUT2D eigenvalue weighted by atomic mass is 9.87. The van der Waals surface area contributed by atoms with E-state index in [0.717, 1.165) is 5.56 Å². The smallest absolute Gasteiger partial charge is 0.198 e. The van der Waals surface area contributed by atoms with Gasteiger partial charge in [0, 0.05) is 19.4 Å². The van der Waals surface area contributed by atoms with Crippen molar-refractivity contribution in [3.05, 3.63) is 53.8 Å². The SMILES string of the molecule is COC1C(O)=CC(C=Cc2ccccc2)CC1(O)O. The molecule has 0 radical (unpaired) electrons. The Bertz CT molecular complexity index is 476. The monoisotopic (exact) mass is 262 g/mol. The Balaban J connectivity index is 2.15. The zero-order valence-electron chi connectivity index (χ0n) is 10.7. The van der Waals surface area contributed by atoms with Crippen LogP contribution >= 0.6 is 0 Å². The lowest BCUT2D eigenvalue weighted by Gasteiger charge is -2.35. The van der Waals surface area contributed by atoms with E-state index in [-0.39, 0.29) is 18.1 Å². The molecule has 0 saturated carbocycles. The summed E-state index contributed by atoms with van der Waals surface area (Å²) in [4.78, 5) is 0. The predicted octanol–water partition coefficient (Wildman–Crippen LogP) is 1.86. The molecule has 1 aromatic rings. The van der Waals surface area contributed by atoms with Gasteiger partial charge in [0.25, 0.3) is 0 Å². The summed E-state index contributed by atoms with van der Waals surface area (Å²) >= 11 is 0. The molecule has 1 aromatic carbocycles. The molecular weight excluding hydrogens is 244 g/mol. The maximum Gasteiger partial charge on any atom is 0.198 e. The first-order valence-corrected chi connectivity index (χ1v) is 6.14. The maximum absolute atomic E-state index is 9.87. The molecule has 0 saturated heterocycles. The van der Waals surface area contributed by atoms with Gasteiger partial charge in [0.1, 0.15) is 5.76 Å². The molecule has 4 heteroatoms. The van der Waals surface area contributed by atoms with Crippen LogP contribution in [0.4, 0.5) is 0 Å². The van der Waals surface area contributed by atoms with Crippen LogP contribution in [-0.2, 0) is 4.74 Å². The third-order valence-corrected chi connectivity index (χ3v) is 3.18. The highest BCUT2D eigenvalue weighted by Gasteiger charge is 2.42. The van der Waals surface area contributed by atoms with Crippen molar-refractivity contribution in [3.8, 4) is 0 Å². The van der Waals surface area contributed by atoms with Crippen molar-refractivity contribution < 1.29 is 20.1 Å². The number of aliphatic hydroxyl groups is 3. The maximum atomic E-state index is 9.87. The van der Waals surface area contributed by atoms with Crippen LogP contribution in [0.2, 0.25) is 0 Å². The zero-order chi connectivity index (χ0) is 13.9. The van der Waals surface area contributed by atoms with Gasteiger partial charge in [-0.2, -0.15) is 0 Å². The Labute approximate surface area is 112 Å². The van der Waals surface area contributed by atoms with Gasteiger partial charge in [-0.15, -0.1) is 0 Å². The minimum atomic E-state index is -2.06. The van der Waals surface area contributed by atoms with Crippen LogP contribution < -0.4 is 0 Å². The standard InChI is InChI=1S/C15H18O4/c1-19-14-13(16)9-12(10-15(14,17)18)8-7-11-5-3-2-4-6-11/h2-9,12,14,16-18H,10H2,1H3. The minimum Gasteiger partial charge on any atom is -0.510 e. The van der Waals surface area contributed by atoms with Crippen molar-refractivity contribution >= 4 is 6.08 Å². The van der Waals surface area contributed by atoms with Gasteiger partial charge in [-0.05, 0) is 11.6 Å². The van der Waals surface area contributed by atoms with Gasteiger partial charge in [0.05, 0.1) is 0 Å². The molecule has 3 N–H and O–H groups in total. The topological polar surface area (TPSA) is 69.9 Å². The first kappa shape index (κ1) is 13.8. The average Bonchev–Trinajstić information content (AvgIpc) is 2.36. The number of benzene rings is 1. The van der Waals surface area contributed by atoms with Gasteiger partial charge in [-0.3, -0.25) is 0 Å². The fourth-order valence-corrected chi connectivity index (χ4v) is 2.29. The number of hydrogen-bond donors (Lipinski definition) is 3. The van der Waals surface area contributed by atoms with E-state index in [4.69, 9.17) is 4.74 Å². The van der Waals surface area contributed by atoms with Crippen LogP contribution in [-0.4, -0.2) is 34.3 Å². The van der Waals surface area contributed by atoms with Gasteiger partial charge < -0.3 is 20.1 Å². The average molecular weight is 262 g/mol. The molecule has 2 rings (SSSR count). The molecule has 0 aromatic heterocycles. The highest BCUT2D eigenvalue weighted by molar-refractivity contribution is 5.49. The van der Waals surface area contributed by atoms with Crippen molar-refractivity contribution in [2.24, 2.45) is 5.92 Å². The summed E-state index contributed by atoms with van der Waals surface area (Å²) in [5.41, 5.74) is 1.02. The Morgan fingerprint density at radius 3 is 2.53 bits per heavy atom. The van der Waals surface area contributed by atoms with Crippen molar-refractivity contribution in [2.45, 2.75) is 18.3 Å². The molecule has 2 atom stereocenters. The first-order chi connectivity index (χ1) is 9.03. The Kier molecular flexibility index (Phi) is 4.04. The molecule has 0 amide bonds. The van der Waals surface area contributed by atoms with E-state index >= 15 is 0 Å². The predicted molar refractivity (Wildman–Crippen MR) is 72.3 cm³/mol. The third-order valence-electron chi connectivity index (χ3n) is 3.18. The molecule has 0 fully saturated rings. The first-order valence-electron chi connectivity index (χ1n) is 6.14. The van der Waals surface area contributed by atoms with E-state index in [1.807, 2.05) is 42.5 Å². The molecule has 0 aliphatic heterocycles. The third kappa shape index (κ3) is 3.23. The highest BCUT2D eigenvalue weighted by atomic mass is 16.6. The second kappa shape index (κ2) is 5.57. The molecular formula is C15H18O4. The summed E-state index contributed by atoms with van der Waals surface area (Å²) in [6.45, 7) is 0. The Morgan fingerprint density at radius 2 is 1.95 bits per heavy atom. The van der Waals surface area contributed by atoms with Crippen LogP contribution in [0.3, 0.4) is 0 Å². The van der Waals surface area contributed by atoms with Crippen LogP contribution in [0.1, 0.15) is 12.0 Å². The van der Waals surface area contributed by atoms with Crippen LogP contribution in [0.25, 0.3) is 6.08 Å². The molecule has 2 unspecified atom stereocenters.